The summed E-state index contributed by atoms with van der Waals surface area (Å²) >= 11 is 1.79. The van der Waals surface area contributed by atoms with E-state index in [1.54, 1.807) is 11.3 Å². The Morgan fingerprint density at radius 2 is 2.20 bits per heavy atom. The largest absolute Gasteiger partial charge is 0.389 e. The monoisotopic (exact) mass is 225 g/mol. The highest BCUT2D eigenvalue weighted by atomic mass is 32.1. The maximum absolute atomic E-state index is 10.4. The summed E-state index contributed by atoms with van der Waals surface area (Å²) in [5, 5.41) is 15.9. The summed E-state index contributed by atoms with van der Waals surface area (Å²) in [4.78, 5) is 1.38. The van der Waals surface area contributed by atoms with Crippen LogP contribution in [0.3, 0.4) is 0 Å². The van der Waals surface area contributed by atoms with Gasteiger partial charge in [-0.25, -0.2) is 0 Å². The van der Waals surface area contributed by atoms with E-state index in [2.05, 4.69) is 23.7 Å². The van der Waals surface area contributed by atoms with Crippen molar-refractivity contribution in [2.24, 2.45) is 0 Å². The Balaban J connectivity index is 2.06. The summed E-state index contributed by atoms with van der Waals surface area (Å²) in [6, 6.07) is 2.18. The number of thiophene rings is 1. The summed E-state index contributed by atoms with van der Waals surface area (Å²) < 4.78 is 0. The minimum Gasteiger partial charge on any atom is -0.389 e. The average Bonchev–Trinajstić information content (AvgIpc) is 2.65. The van der Waals surface area contributed by atoms with Gasteiger partial charge in [0.1, 0.15) is 0 Å². The first kappa shape index (κ1) is 11.1. The highest BCUT2D eigenvalue weighted by Crippen LogP contribution is 2.28. The van der Waals surface area contributed by atoms with Crippen molar-refractivity contribution >= 4 is 11.3 Å². The molecular weight excluding hydrogens is 206 g/mol. The summed E-state index contributed by atoms with van der Waals surface area (Å²) in [6.07, 6.45) is 3.69. The molecule has 1 aliphatic heterocycles. The molecule has 0 radical (unpaired) electrons. The molecule has 1 fully saturated rings. The van der Waals surface area contributed by atoms with E-state index in [1.165, 1.54) is 10.4 Å². The Morgan fingerprint density at radius 1 is 1.47 bits per heavy atom. The summed E-state index contributed by atoms with van der Waals surface area (Å²) in [5.41, 5.74) is 0.951. The van der Waals surface area contributed by atoms with Gasteiger partial charge >= 0.3 is 0 Å². The smallest absolute Gasteiger partial charge is 0.0720 e. The molecule has 0 aliphatic carbocycles. The first-order valence-electron chi connectivity index (χ1n) is 5.72. The van der Waals surface area contributed by atoms with Crippen molar-refractivity contribution in [1.29, 1.82) is 0 Å². The molecule has 1 aliphatic rings. The Morgan fingerprint density at radius 3 is 2.87 bits per heavy atom. The quantitative estimate of drug-likeness (QED) is 0.824. The van der Waals surface area contributed by atoms with E-state index in [4.69, 9.17) is 0 Å². The third-order valence-electron chi connectivity index (χ3n) is 3.24. The van der Waals surface area contributed by atoms with E-state index in [-0.39, 0.29) is 0 Å². The summed E-state index contributed by atoms with van der Waals surface area (Å²) in [5.74, 6) is 0. The van der Waals surface area contributed by atoms with Crippen molar-refractivity contribution in [2.45, 2.75) is 38.2 Å². The minimum absolute atomic E-state index is 0.458. The van der Waals surface area contributed by atoms with Gasteiger partial charge in [-0.05, 0) is 49.4 Å². The molecule has 84 valence electrons. The van der Waals surface area contributed by atoms with Gasteiger partial charge in [0.15, 0.2) is 0 Å². The second kappa shape index (κ2) is 4.64. The molecule has 0 atom stereocenters. The van der Waals surface area contributed by atoms with Gasteiger partial charge in [0, 0.05) is 11.3 Å². The molecule has 3 heteroatoms. The third kappa shape index (κ3) is 2.60. The van der Waals surface area contributed by atoms with Crippen molar-refractivity contribution in [3.8, 4) is 0 Å². The van der Waals surface area contributed by atoms with Crippen molar-refractivity contribution in [3.05, 3.63) is 21.9 Å². The maximum Gasteiger partial charge on any atom is 0.0720 e. The fourth-order valence-electron chi connectivity index (χ4n) is 2.20. The normalized spacial score (nSPS) is 20.4. The fraction of sp³-hybridized carbons (Fsp3) is 0.667. The molecule has 2 heterocycles. The highest BCUT2D eigenvalue weighted by molar-refractivity contribution is 7.10. The second-order valence-electron chi connectivity index (χ2n) is 4.37. The van der Waals surface area contributed by atoms with Crippen LogP contribution in [0.4, 0.5) is 0 Å². The zero-order chi connectivity index (χ0) is 10.7. The lowest BCUT2D eigenvalue weighted by atomic mass is 9.87. The maximum atomic E-state index is 10.4. The molecule has 0 unspecified atom stereocenters. The van der Waals surface area contributed by atoms with Crippen LogP contribution in [0.5, 0.6) is 0 Å². The van der Waals surface area contributed by atoms with Crippen LogP contribution in [0.1, 0.15) is 30.2 Å². The van der Waals surface area contributed by atoms with E-state index in [0.717, 1.165) is 38.8 Å². The van der Waals surface area contributed by atoms with Gasteiger partial charge in [-0.1, -0.05) is 6.92 Å². The van der Waals surface area contributed by atoms with E-state index in [0.29, 0.717) is 0 Å². The van der Waals surface area contributed by atoms with Crippen molar-refractivity contribution in [1.82, 2.24) is 5.32 Å². The zero-order valence-corrected chi connectivity index (χ0v) is 10.1. The highest BCUT2D eigenvalue weighted by Gasteiger charge is 2.30. The van der Waals surface area contributed by atoms with Crippen LogP contribution in [-0.4, -0.2) is 23.8 Å². The van der Waals surface area contributed by atoms with Crippen LogP contribution in [0.25, 0.3) is 0 Å². The number of nitrogens with one attached hydrogen (secondary N) is 1. The standard InChI is InChI=1S/C12H19NOS/c1-2-10-3-8-15-11(10)9-12(14)4-6-13-7-5-12/h3,8,13-14H,2,4-7,9H2,1H3. The van der Waals surface area contributed by atoms with E-state index in [1.807, 2.05) is 0 Å². The van der Waals surface area contributed by atoms with Crippen LogP contribution < -0.4 is 5.32 Å². The predicted octanol–water partition coefficient (Wildman–Crippen LogP) is 1.97. The molecule has 0 bridgehead atoms. The van der Waals surface area contributed by atoms with Gasteiger partial charge in [-0.15, -0.1) is 11.3 Å². The molecule has 2 N–H and O–H groups in total. The first-order chi connectivity index (χ1) is 7.23. The molecule has 15 heavy (non-hydrogen) atoms. The second-order valence-corrected chi connectivity index (χ2v) is 5.37. The molecule has 2 nitrogen and oxygen atoms in total. The molecule has 0 amide bonds. The van der Waals surface area contributed by atoms with Gasteiger partial charge in [0.05, 0.1) is 5.60 Å². The summed E-state index contributed by atoms with van der Waals surface area (Å²) in [7, 11) is 0. The molecule has 2 rings (SSSR count). The van der Waals surface area contributed by atoms with Crippen LogP contribution in [0.2, 0.25) is 0 Å². The van der Waals surface area contributed by atoms with Gasteiger partial charge in [-0.2, -0.15) is 0 Å². The van der Waals surface area contributed by atoms with E-state index in [9.17, 15) is 5.11 Å². The Hall–Kier alpha value is -0.380. The Bertz CT molecular complexity index is 315. The predicted molar refractivity (Wildman–Crippen MR) is 64.5 cm³/mol. The first-order valence-corrected chi connectivity index (χ1v) is 6.60. The Labute approximate surface area is 95.3 Å². The van der Waals surface area contributed by atoms with Gasteiger partial charge in [0.2, 0.25) is 0 Å². The molecule has 1 saturated heterocycles. The minimum atomic E-state index is -0.458. The molecular formula is C12H19NOS. The van der Waals surface area contributed by atoms with Crippen LogP contribution >= 0.6 is 11.3 Å². The molecule has 0 spiro atoms. The van der Waals surface area contributed by atoms with Crippen LogP contribution in [0, 0.1) is 0 Å². The number of rotatable bonds is 3. The molecule has 1 aromatic rings. The number of hydrogen-bond donors (Lipinski definition) is 2. The Kier molecular flexibility index (Phi) is 3.44. The van der Waals surface area contributed by atoms with Gasteiger partial charge in [-0.3, -0.25) is 0 Å². The van der Waals surface area contributed by atoms with Crippen molar-refractivity contribution in [3.63, 3.8) is 0 Å². The lowest BCUT2D eigenvalue weighted by molar-refractivity contribution is 0.0114. The van der Waals surface area contributed by atoms with Crippen LogP contribution in [-0.2, 0) is 12.8 Å². The number of aryl methyl sites for hydroxylation is 1. The molecule has 0 aromatic carbocycles. The molecule has 1 aromatic heterocycles. The van der Waals surface area contributed by atoms with Crippen molar-refractivity contribution in [2.75, 3.05) is 13.1 Å². The average molecular weight is 225 g/mol. The van der Waals surface area contributed by atoms with E-state index < -0.39 is 5.60 Å². The topological polar surface area (TPSA) is 32.3 Å². The van der Waals surface area contributed by atoms with Crippen LogP contribution in [0.15, 0.2) is 11.4 Å². The number of piperidine rings is 1. The SMILES string of the molecule is CCc1ccsc1CC1(O)CCNCC1. The lowest BCUT2D eigenvalue weighted by Crippen LogP contribution is -2.43. The zero-order valence-electron chi connectivity index (χ0n) is 9.25. The molecule has 0 saturated carbocycles. The summed E-state index contributed by atoms with van der Waals surface area (Å²) in [6.45, 7) is 4.07. The van der Waals surface area contributed by atoms with Gasteiger partial charge < -0.3 is 10.4 Å². The number of hydrogen-bond acceptors (Lipinski definition) is 3. The van der Waals surface area contributed by atoms with E-state index >= 15 is 0 Å². The third-order valence-corrected chi connectivity index (χ3v) is 4.21. The lowest BCUT2D eigenvalue weighted by Gasteiger charge is -2.32. The van der Waals surface area contributed by atoms with Gasteiger partial charge in [0.25, 0.3) is 0 Å². The fourth-order valence-corrected chi connectivity index (χ4v) is 3.32. The van der Waals surface area contributed by atoms with Crippen molar-refractivity contribution < 1.29 is 5.11 Å². The number of aliphatic hydroxyl groups is 1.